The van der Waals surface area contributed by atoms with Crippen molar-refractivity contribution in [2.75, 3.05) is 46.2 Å². The fourth-order valence-corrected chi connectivity index (χ4v) is 11.5. The molecule has 14 unspecified atom stereocenters. The van der Waals surface area contributed by atoms with Crippen LogP contribution in [0.3, 0.4) is 0 Å². The Bertz CT molecular complexity index is 1840. The lowest BCUT2D eigenvalue weighted by molar-refractivity contribution is -0.167. The molecule has 14 atom stereocenters. The van der Waals surface area contributed by atoms with E-state index in [4.69, 9.17) is 52.1 Å². The third-order valence-corrected chi connectivity index (χ3v) is 16.4. The van der Waals surface area contributed by atoms with Gasteiger partial charge in [-0.05, 0) is 165 Å². The molecule has 8 fully saturated rings. The van der Waals surface area contributed by atoms with Gasteiger partial charge in [0.25, 0.3) is 0 Å². The Labute approximate surface area is 430 Å². The fraction of sp³-hybridized carbons (Fsp3) is 0.873. The number of hydrogen-bond donors (Lipinski definition) is 0. The summed E-state index contributed by atoms with van der Waals surface area (Å²) in [6.45, 7) is 1.27. The van der Waals surface area contributed by atoms with E-state index in [0.717, 1.165) is 77.0 Å². The summed E-state index contributed by atoms with van der Waals surface area (Å²) < 4.78 is 61.5. The van der Waals surface area contributed by atoms with Gasteiger partial charge in [-0.3, -0.25) is 33.6 Å². The van der Waals surface area contributed by atoms with E-state index in [9.17, 15) is 33.6 Å². The highest BCUT2D eigenvalue weighted by atomic mass is 16.6. The van der Waals surface area contributed by atoms with Crippen molar-refractivity contribution in [1.82, 2.24) is 0 Å². The standard InChI is InChI=1S/C55H82O18/c56-49(67-32-36-14-18-42-46(27-36)71-42)10-4-1-7-22-63-52(59)30-39(54(61)65-23-8-2-5-11-50(57)68-33-37-15-19-43-47(28-37)72-43)40(31-53(60)64-25-21-35-13-17-41-45(26-35)70-41)55(62)66-24-9-3-6-12-51(58)69-34-38-16-20-44-48(29-38)73-44/h35-48H,1-34H2. The van der Waals surface area contributed by atoms with Crippen molar-refractivity contribution in [3.05, 3.63) is 0 Å². The van der Waals surface area contributed by atoms with Crippen LogP contribution in [-0.4, -0.2) is 137 Å². The lowest BCUT2D eigenvalue weighted by atomic mass is 9.86. The van der Waals surface area contributed by atoms with E-state index in [1.165, 1.54) is 0 Å². The van der Waals surface area contributed by atoms with Crippen LogP contribution < -0.4 is 0 Å². The highest BCUT2D eigenvalue weighted by Gasteiger charge is 2.47. The van der Waals surface area contributed by atoms with Crippen molar-refractivity contribution in [2.24, 2.45) is 35.5 Å². The summed E-state index contributed by atoms with van der Waals surface area (Å²) in [7, 11) is 0. The fourth-order valence-electron chi connectivity index (χ4n) is 11.5. The smallest absolute Gasteiger partial charge is 0.310 e. The van der Waals surface area contributed by atoms with Gasteiger partial charge in [0.05, 0.1) is 120 Å². The Kier molecular flexibility index (Phi) is 21.5. The minimum absolute atomic E-state index is 0.0215. The molecule has 73 heavy (non-hydrogen) atoms. The highest BCUT2D eigenvalue weighted by molar-refractivity contribution is 5.88. The van der Waals surface area contributed by atoms with E-state index in [2.05, 4.69) is 0 Å². The minimum atomic E-state index is -1.42. The highest BCUT2D eigenvalue weighted by Crippen LogP contribution is 2.42. The predicted octanol–water partition coefficient (Wildman–Crippen LogP) is 7.14. The quantitative estimate of drug-likeness (QED) is 0.0269. The summed E-state index contributed by atoms with van der Waals surface area (Å²) in [4.78, 5) is 92.2. The summed E-state index contributed by atoms with van der Waals surface area (Å²) in [6.07, 6.45) is 19.3. The second kappa shape index (κ2) is 28.3. The van der Waals surface area contributed by atoms with Gasteiger partial charge in [-0.1, -0.05) is 0 Å². The maximum atomic E-state index is 14.0. The number of hydrogen-bond acceptors (Lipinski definition) is 18. The number of fused-ring (bicyclic) bond motifs is 4. The first-order valence-corrected chi connectivity index (χ1v) is 28.3. The number of esters is 7. The Balaban J connectivity index is 0.787. The Morgan fingerprint density at radius 3 is 1.03 bits per heavy atom. The molecule has 0 bridgehead atoms. The van der Waals surface area contributed by atoms with Crippen LogP contribution in [0.2, 0.25) is 0 Å². The van der Waals surface area contributed by atoms with Crippen LogP contribution in [0.5, 0.6) is 0 Å². The van der Waals surface area contributed by atoms with Gasteiger partial charge in [-0.15, -0.1) is 0 Å². The van der Waals surface area contributed by atoms with Gasteiger partial charge in [-0.2, -0.15) is 0 Å². The van der Waals surface area contributed by atoms with Gasteiger partial charge >= 0.3 is 41.8 Å². The lowest BCUT2D eigenvalue weighted by Gasteiger charge is -2.24. The van der Waals surface area contributed by atoms with E-state index in [0.29, 0.717) is 150 Å². The molecule has 0 radical (unpaired) electrons. The van der Waals surface area contributed by atoms with Crippen LogP contribution in [0.15, 0.2) is 0 Å². The van der Waals surface area contributed by atoms with Gasteiger partial charge in [0.2, 0.25) is 0 Å². The third-order valence-electron chi connectivity index (χ3n) is 16.4. The molecule has 18 heteroatoms. The monoisotopic (exact) mass is 1030 g/mol. The van der Waals surface area contributed by atoms with Crippen LogP contribution in [0.25, 0.3) is 0 Å². The topological polar surface area (TPSA) is 234 Å². The molecule has 4 aliphatic carbocycles. The summed E-state index contributed by atoms with van der Waals surface area (Å²) in [6, 6.07) is 0. The van der Waals surface area contributed by atoms with Crippen LogP contribution >= 0.6 is 0 Å². The first kappa shape index (κ1) is 55.4. The first-order valence-electron chi connectivity index (χ1n) is 28.3. The van der Waals surface area contributed by atoms with Crippen LogP contribution in [0, 0.1) is 35.5 Å². The van der Waals surface area contributed by atoms with Crippen LogP contribution in [-0.2, 0) is 85.7 Å². The van der Waals surface area contributed by atoms with E-state index < -0.39 is 48.6 Å². The van der Waals surface area contributed by atoms with E-state index in [-0.39, 0.29) is 69.7 Å². The molecule has 4 aliphatic heterocycles. The maximum absolute atomic E-state index is 14.0. The number of carbonyl (C=O) groups excluding carboxylic acids is 7. The summed E-state index contributed by atoms with van der Waals surface area (Å²) in [5.41, 5.74) is 0. The molecule has 0 N–H and O–H groups in total. The molecule has 4 saturated heterocycles. The lowest BCUT2D eigenvalue weighted by Crippen LogP contribution is -2.37. The average Bonchev–Trinajstić information content (AvgIpc) is 4.17. The number of rotatable bonds is 34. The molecule has 0 spiro atoms. The first-order chi connectivity index (χ1) is 35.5. The van der Waals surface area contributed by atoms with Gasteiger partial charge in [0.1, 0.15) is 0 Å². The third kappa shape index (κ3) is 19.3. The van der Waals surface area contributed by atoms with Gasteiger partial charge in [0, 0.05) is 19.3 Å². The molecule has 4 saturated carbocycles. The van der Waals surface area contributed by atoms with E-state index in [1.54, 1.807) is 0 Å². The molecule has 8 rings (SSSR count). The predicted molar refractivity (Wildman–Crippen MR) is 257 cm³/mol. The van der Waals surface area contributed by atoms with Crippen molar-refractivity contribution < 1.29 is 85.7 Å². The molecule has 0 amide bonds. The second-order valence-corrected chi connectivity index (χ2v) is 22.2. The number of epoxide rings is 4. The Morgan fingerprint density at radius 1 is 0.329 bits per heavy atom. The van der Waals surface area contributed by atoms with Crippen LogP contribution in [0.4, 0.5) is 0 Å². The molecule has 4 heterocycles. The summed E-state index contributed by atoms with van der Waals surface area (Å²) >= 11 is 0. The van der Waals surface area contributed by atoms with Crippen molar-refractivity contribution in [1.29, 1.82) is 0 Å². The zero-order valence-electron chi connectivity index (χ0n) is 43.0. The summed E-state index contributed by atoms with van der Waals surface area (Å²) in [5.74, 6) is -5.47. The van der Waals surface area contributed by atoms with Crippen molar-refractivity contribution in [3.8, 4) is 0 Å². The summed E-state index contributed by atoms with van der Waals surface area (Å²) in [5, 5.41) is 0. The molecule has 0 aromatic carbocycles. The van der Waals surface area contributed by atoms with Crippen LogP contribution in [0.1, 0.15) is 173 Å². The van der Waals surface area contributed by atoms with Gasteiger partial charge in [-0.25, -0.2) is 0 Å². The Morgan fingerprint density at radius 2 is 0.658 bits per heavy atom. The maximum Gasteiger partial charge on any atom is 0.310 e. The van der Waals surface area contributed by atoms with E-state index >= 15 is 0 Å². The van der Waals surface area contributed by atoms with Crippen molar-refractivity contribution in [2.45, 2.75) is 222 Å². The van der Waals surface area contributed by atoms with Gasteiger partial charge < -0.3 is 52.1 Å². The van der Waals surface area contributed by atoms with Crippen molar-refractivity contribution >= 4 is 41.8 Å². The normalized spacial score (nSPS) is 30.8. The number of ether oxygens (including phenoxy) is 11. The average molecular weight is 1030 g/mol. The zero-order chi connectivity index (χ0) is 50.9. The molecular formula is C55H82O18. The molecule has 0 aromatic rings. The minimum Gasteiger partial charge on any atom is -0.466 e. The number of unbranched alkanes of at least 4 members (excludes halogenated alkanes) is 6. The molecule has 410 valence electrons. The second-order valence-electron chi connectivity index (χ2n) is 22.2. The zero-order valence-corrected chi connectivity index (χ0v) is 43.0. The van der Waals surface area contributed by atoms with Gasteiger partial charge in [0.15, 0.2) is 0 Å². The molecule has 18 nitrogen and oxygen atoms in total. The molecule has 8 aliphatic rings. The molecule has 0 aromatic heterocycles. The largest absolute Gasteiger partial charge is 0.466 e. The SMILES string of the molecule is O=C(CCCCCOC(=O)CC(C(=O)OCCCCCC(=O)OCC1CCC2OC2C1)C(CC(=O)OCCC1CCC2OC2C1)C(=O)OCCCCCC(=O)OCC1CCC2OC2C1)OCC1CCC2OC2C1. The molecular weight excluding hydrogens is 949 g/mol. The number of carbonyl (C=O) groups is 7. The Hall–Kier alpha value is -3.87. The van der Waals surface area contributed by atoms with Crippen molar-refractivity contribution in [3.63, 3.8) is 0 Å². The van der Waals surface area contributed by atoms with E-state index in [1.807, 2.05) is 0 Å².